The molecule has 8 N–H and O–H groups in total. The molecule has 56 heavy (non-hydrogen) atoms. The van der Waals surface area contributed by atoms with Gasteiger partial charge in [0.2, 0.25) is 0 Å². The average Bonchev–Trinajstić information content (AvgIpc) is 3.14. The van der Waals surface area contributed by atoms with E-state index in [0.717, 1.165) is 24.8 Å². The number of allylic oxidation sites excluding steroid dienone is 1. The Morgan fingerprint density at radius 2 is 1.41 bits per heavy atom. The zero-order chi connectivity index (χ0) is 41.1. The van der Waals surface area contributed by atoms with Gasteiger partial charge in [0, 0.05) is 0 Å². The number of fused-ring (bicyclic) bond motifs is 7. The first kappa shape index (κ1) is 42.4. The highest BCUT2D eigenvalue weighted by molar-refractivity contribution is 5.84. The number of aliphatic hydroxyl groups excluding tert-OH is 6. The predicted octanol–water partition coefficient (Wildman–Crippen LogP) is 2.83. The zero-order valence-corrected chi connectivity index (χ0v) is 33.9. The molecular formula is C42H66O14. The van der Waals surface area contributed by atoms with Crippen LogP contribution in [0.15, 0.2) is 11.6 Å². The summed E-state index contributed by atoms with van der Waals surface area (Å²) in [6, 6.07) is 0. The molecule has 7 aliphatic rings. The molecule has 0 spiro atoms. The van der Waals surface area contributed by atoms with Crippen LogP contribution in [0.1, 0.15) is 106 Å². The number of carboxylic acids is 2. The summed E-state index contributed by atoms with van der Waals surface area (Å²) in [5.41, 5.74) is -2.55. The first-order chi connectivity index (χ1) is 26.1. The Bertz CT molecular complexity index is 1550. The van der Waals surface area contributed by atoms with E-state index in [1.54, 1.807) is 6.92 Å². The fourth-order valence-electron chi connectivity index (χ4n) is 14.0. The van der Waals surface area contributed by atoms with E-state index in [4.69, 9.17) is 18.9 Å². The van der Waals surface area contributed by atoms with Gasteiger partial charge in [0.25, 0.3) is 0 Å². The SMILES string of the molecule is C[C@@H]1[C@H](C)CC[C@]2(C(=O)O)CC[C@]3(C(=O)O)C(=CC[C@@H]4[C@]5(C)CC[C@H](O[C@@H]6O[C@H](C)[C@H](O[C@@H]7O[C@H](CO)[C@@H](O)[C@H](O)[C@H]7O)[C@H](O)[C@@H]6O)C(C)(C)[C@@H]5CC[C@@]43C)[C@H]12. The summed E-state index contributed by atoms with van der Waals surface area (Å²) in [4.78, 5) is 27.0. The maximum Gasteiger partial charge on any atom is 0.314 e. The molecule has 0 unspecified atom stereocenters. The fourth-order valence-corrected chi connectivity index (χ4v) is 14.0. The van der Waals surface area contributed by atoms with Crippen LogP contribution in [0, 0.1) is 56.7 Å². The number of aliphatic carboxylic acids is 2. The Morgan fingerprint density at radius 1 is 0.750 bits per heavy atom. The first-order valence-corrected chi connectivity index (χ1v) is 20.9. The van der Waals surface area contributed by atoms with Gasteiger partial charge in [0.1, 0.15) is 42.7 Å². The van der Waals surface area contributed by atoms with Crippen molar-refractivity contribution in [2.75, 3.05) is 6.61 Å². The van der Waals surface area contributed by atoms with Gasteiger partial charge in [-0.3, -0.25) is 9.59 Å². The summed E-state index contributed by atoms with van der Waals surface area (Å²) < 4.78 is 24.0. The predicted molar refractivity (Wildman–Crippen MR) is 198 cm³/mol. The topological polar surface area (TPSA) is 233 Å². The second kappa shape index (κ2) is 14.5. The molecule has 0 aromatic carbocycles. The van der Waals surface area contributed by atoms with Crippen LogP contribution in [0.4, 0.5) is 0 Å². The highest BCUT2D eigenvalue weighted by Gasteiger charge is 2.73. The lowest BCUT2D eigenvalue weighted by Gasteiger charge is -2.70. The van der Waals surface area contributed by atoms with Crippen molar-refractivity contribution in [3.63, 3.8) is 0 Å². The molecule has 7 rings (SSSR count). The van der Waals surface area contributed by atoms with E-state index < -0.39 is 102 Å². The molecule has 6 fully saturated rings. The Hall–Kier alpha value is -1.72. The van der Waals surface area contributed by atoms with Crippen molar-refractivity contribution in [1.82, 2.24) is 0 Å². The average molecular weight is 795 g/mol. The summed E-state index contributed by atoms with van der Waals surface area (Å²) >= 11 is 0. The van der Waals surface area contributed by atoms with E-state index in [1.807, 2.05) is 0 Å². The number of carbonyl (C=O) groups is 2. The fraction of sp³-hybridized carbons (Fsp3) is 0.905. The van der Waals surface area contributed by atoms with Crippen molar-refractivity contribution in [2.45, 2.75) is 174 Å². The Kier molecular flexibility index (Phi) is 11.0. The molecule has 0 aromatic rings. The second-order valence-corrected chi connectivity index (χ2v) is 20.0. The van der Waals surface area contributed by atoms with E-state index in [-0.39, 0.29) is 35.2 Å². The van der Waals surface area contributed by atoms with Crippen LogP contribution in [0.3, 0.4) is 0 Å². The third kappa shape index (κ3) is 5.85. The normalized spacial score (nSPS) is 54.1. The van der Waals surface area contributed by atoms with Gasteiger partial charge in [0.15, 0.2) is 12.6 Å². The molecule has 0 aromatic heterocycles. The second-order valence-electron chi connectivity index (χ2n) is 20.0. The monoisotopic (exact) mass is 794 g/mol. The minimum atomic E-state index is -1.69. The van der Waals surface area contributed by atoms with E-state index in [9.17, 15) is 50.4 Å². The van der Waals surface area contributed by atoms with Crippen molar-refractivity contribution < 1.29 is 69.4 Å². The zero-order valence-electron chi connectivity index (χ0n) is 33.9. The van der Waals surface area contributed by atoms with Gasteiger partial charge in [-0.25, -0.2) is 0 Å². The molecule has 0 bridgehead atoms. The highest BCUT2D eigenvalue weighted by Crippen LogP contribution is 2.76. The number of rotatable bonds is 7. The van der Waals surface area contributed by atoms with Gasteiger partial charge in [-0.05, 0) is 111 Å². The molecule has 0 radical (unpaired) electrons. The molecule has 318 valence electrons. The van der Waals surface area contributed by atoms with Crippen LogP contribution in [0.2, 0.25) is 0 Å². The smallest absolute Gasteiger partial charge is 0.314 e. The van der Waals surface area contributed by atoms with Crippen molar-refractivity contribution in [1.29, 1.82) is 0 Å². The third-order valence-electron chi connectivity index (χ3n) is 17.4. The Morgan fingerprint density at radius 3 is 2.05 bits per heavy atom. The van der Waals surface area contributed by atoms with Crippen molar-refractivity contribution in [3.05, 3.63) is 11.6 Å². The quantitative estimate of drug-likeness (QED) is 0.137. The minimum absolute atomic E-state index is 0.0289. The van der Waals surface area contributed by atoms with E-state index in [0.29, 0.717) is 44.4 Å². The molecule has 2 aliphatic heterocycles. The molecule has 20 atom stereocenters. The van der Waals surface area contributed by atoms with Crippen LogP contribution in [0.25, 0.3) is 0 Å². The van der Waals surface area contributed by atoms with Crippen molar-refractivity contribution in [3.8, 4) is 0 Å². The summed E-state index contributed by atoms with van der Waals surface area (Å²) in [6.45, 7) is 14.1. The van der Waals surface area contributed by atoms with Crippen LogP contribution in [0.5, 0.6) is 0 Å². The number of aliphatic hydroxyl groups is 6. The number of carboxylic acid groups (broad SMARTS) is 2. The van der Waals surface area contributed by atoms with Gasteiger partial charge in [-0.2, -0.15) is 0 Å². The summed E-state index contributed by atoms with van der Waals surface area (Å²) in [5, 5.41) is 85.2. The van der Waals surface area contributed by atoms with Crippen LogP contribution in [-0.4, -0.2) is 127 Å². The van der Waals surface area contributed by atoms with E-state index in [1.165, 1.54) is 0 Å². The van der Waals surface area contributed by atoms with Crippen LogP contribution >= 0.6 is 0 Å². The Balaban J connectivity index is 1.11. The van der Waals surface area contributed by atoms with Gasteiger partial charge >= 0.3 is 11.9 Å². The van der Waals surface area contributed by atoms with Crippen molar-refractivity contribution in [2.24, 2.45) is 56.7 Å². The lowest BCUT2D eigenvalue weighted by Crippen LogP contribution is -2.68. The lowest BCUT2D eigenvalue weighted by atomic mass is 9.33. The molecule has 0 amide bonds. The number of ether oxygens (including phenoxy) is 4. The van der Waals surface area contributed by atoms with Crippen LogP contribution < -0.4 is 0 Å². The number of hydrogen-bond donors (Lipinski definition) is 8. The molecule has 2 saturated heterocycles. The largest absolute Gasteiger partial charge is 0.481 e. The van der Waals surface area contributed by atoms with Crippen molar-refractivity contribution >= 4 is 11.9 Å². The standard InChI is InChI=1S/C42H66O14/c1-19-10-15-41(36(49)50)16-17-42(37(51)52)22(27(41)20(19)2)8-9-25-39(6)13-12-26(38(4,5)24(39)11-14-40(25,42)7)55-34-32(48)30(46)33(21(3)53-34)56-35-31(47)29(45)28(44)23(18-43)54-35/h8,19-21,23-35,43-48H,9-18H2,1-7H3,(H,49,50)(H,51,52)/t19-,20-,21-,23-,24+,25-,26+,27+,28-,29+,30-,31-,32+,33+,34+,35+,39-,40+,41+,42-/m1/s1. The minimum Gasteiger partial charge on any atom is -0.481 e. The van der Waals surface area contributed by atoms with Gasteiger partial charge in [-0.15, -0.1) is 0 Å². The van der Waals surface area contributed by atoms with E-state index in [2.05, 4.69) is 47.6 Å². The highest BCUT2D eigenvalue weighted by atomic mass is 16.7. The molecule has 14 heteroatoms. The van der Waals surface area contributed by atoms with Gasteiger partial charge < -0.3 is 59.8 Å². The molecule has 2 heterocycles. The third-order valence-corrected chi connectivity index (χ3v) is 17.4. The van der Waals surface area contributed by atoms with E-state index >= 15 is 0 Å². The summed E-state index contributed by atoms with van der Waals surface area (Å²) in [6.07, 6.45) is -6.76. The molecular weight excluding hydrogens is 728 g/mol. The maximum absolute atomic E-state index is 13.9. The lowest BCUT2D eigenvalue weighted by molar-refractivity contribution is -0.364. The molecule has 5 aliphatic carbocycles. The summed E-state index contributed by atoms with van der Waals surface area (Å²) in [5.74, 6) is -1.45. The maximum atomic E-state index is 13.9. The Labute approximate surface area is 329 Å². The van der Waals surface area contributed by atoms with Gasteiger partial charge in [0.05, 0.1) is 29.6 Å². The molecule has 14 nitrogen and oxygen atoms in total. The number of hydrogen-bond acceptors (Lipinski definition) is 12. The van der Waals surface area contributed by atoms with Crippen LogP contribution in [-0.2, 0) is 28.5 Å². The molecule has 4 saturated carbocycles. The summed E-state index contributed by atoms with van der Waals surface area (Å²) in [7, 11) is 0. The first-order valence-electron chi connectivity index (χ1n) is 20.9. The van der Waals surface area contributed by atoms with Gasteiger partial charge in [-0.1, -0.05) is 53.2 Å².